The van der Waals surface area contributed by atoms with E-state index in [1.807, 2.05) is 0 Å². The van der Waals surface area contributed by atoms with Crippen molar-refractivity contribution in [3.63, 3.8) is 0 Å². The fourth-order valence-corrected chi connectivity index (χ4v) is 1.89. The molecule has 1 nitrogen and oxygen atoms in total. The number of allylic oxidation sites excluding steroid dienone is 1. The third kappa shape index (κ3) is 1.71. The molecule has 0 heterocycles. The van der Waals surface area contributed by atoms with E-state index in [1.54, 1.807) is 0 Å². The van der Waals surface area contributed by atoms with Crippen LogP contribution in [0.4, 0.5) is 0 Å². The first-order chi connectivity index (χ1) is 5.46. The van der Waals surface area contributed by atoms with Crippen molar-refractivity contribution in [2.24, 2.45) is 11.3 Å². The van der Waals surface area contributed by atoms with Crippen LogP contribution < -0.4 is 0 Å². The van der Waals surface area contributed by atoms with Gasteiger partial charge in [0.1, 0.15) is 0 Å². The van der Waals surface area contributed by atoms with Crippen LogP contribution in [-0.4, -0.2) is 11.2 Å². The largest absolute Gasteiger partial charge is 0.393 e. The Bertz CT molecular complexity index is 185. The van der Waals surface area contributed by atoms with Gasteiger partial charge in [0.15, 0.2) is 0 Å². The van der Waals surface area contributed by atoms with Crippen LogP contribution in [0.25, 0.3) is 0 Å². The molecule has 0 bridgehead atoms. The number of hydrogen-bond acceptors (Lipinski definition) is 1. The highest BCUT2D eigenvalue weighted by Crippen LogP contribution is 2.42. The predicted octanol–water partition coefficient (Wildman–Crippen LogP) is 2.75. The first kappa shape index (κ1) is 9.79. The number of aliphatic hydroxyl groups excluding tert-OH is 1. The van der Waals surface area contributed by atoms with Crippen molar-refractivity contribution < 1.29 is 5.11 Å². The molecule has 0 aromatic carbocycles. The van der Waals surface area contributed by atoms with Crippen LogP contribution in [0.5, 0.6) is 0 Å². The Morgan fingerprint density at radius 3 is 2.58 bits per heavy atom. The summed E-state index contributed by atoms with van der Waals surface area (Å²) in [6, 6.07) is 0. The standard InChI is InChI=1S/C11H20O/c1-8(2)11(4)6-5-9(3)10(12)7-11/h9-10,12H,1,5-7H2,2-4H3. The lowest BCUT2D eigenvalue weighted by atomic mass is 9.67. The van der Waals surface area contributed by atoms with Crippen LogP contribution in [0.3, 0.4) is 0 Å². The average Bonchev–Trinajstić information content (AvgIpc) is 1.97. The molecular weight excluding hydrogens is 148 g/mol. The van der Waals surface area contributed by atoms with E-state index in [4.69, 9.17) is 0 Å². The second-order valence-electron chi connectivity index (χ2n) is 4.63. The molecule has 0 aromatic rings. The summed E-state index contributed by atoms with van der Waals surface area (Å²) in [6.45, 7) is 10.4. The Kier molecular flexibility index (Phi) is 2.62. The highest BCUT2D eigenvalue weighted by molar-refractivity contribution is 5.08. The molecule has 3 atom stereocenters. The van der Waals surface area contributed by atoms with Gasteiger partial charge in [-0.25, -0.2) is 0 Å². The van der Waals surface area contributed by atoms with Crippen molar-refractivity contribution in [2.45, 2.75) is 46.1 Å². The summed E-state index contributed by atoms with van der Waals surface area (Å²) < 4.78 is 0. The lowest BCUT2D eigenvalue weighted by Crippen LogP contribution is -2.34. The van der Waals surface area contributed by atoms with Crippen LogP contribution in [0.1, 0.15) is 40.0 Å². The maximum Gasteiger partial charge on any atom is 0.0574 e. The second-order valence-corrected chi connectivity index (χ2v) is 4.63. The zero-order valence-corrected chi connectivity index (χ0v) is 8.43. The summed E-state index contributed by atoms with van der Waals surface area (Å²) in [6.07, 6.45) is 3.08. The molecule has 0 radical (unpaired) electrons. The van der Waals surface area contributed by atoms with Crippen LogP contribution in [0.15, 0.2) is 12.2 Å². The highest BCUT2D eigenvalue weighted by atomic mass is 16.3. The first-order valence-electron chi connectivity index (χ1n) is 4.80. The highest BCUT2D eigenvalue weighted by Gasteiger charge is 2.35. The molecule has 0 saturated heterocycles. The second kappa shape index (κ2) is 3.21. The summed E-state index contributed by atoms with van der Waals surface area (Å²) in [5.74, 6) is 0.470. The molecule has 0 aromatic heterocycles. The Hall–Kier alpha value is -0.300. The van der Waals surface area contributed by atoms with E-state index in [9.17, 15) is 5.11 Å². The van der Waals surface area contributed by atoms with Gasteiger partial charge in [-0.2, -0.15) is 0 Å². The number of hydrogen-bond donors (Lipinski definition) is 1. The van der Waals surface area contributed by atoms with Crippen molar-refractivity contribution in [2.75, 3.05) is 0 Å². The molecule has 12 heavy (non-hydrogen) atoms. The van der Waals surface area contributed by atoms with E-state index in [0.29, 0.717) is 5.92 Å². The minimum absolute atomic E-state index is 0.125. The Morgan fingerprint density at radius 2 is 2.17 bits per heavy atom. The zero-order chi connectivity index (χ0) is 9.35. The molecule has 1 heteroatoms. The monoisotopic (exact) mass is 168 g/mol. The quantitative estimate of drug-likeness (QED) is 0.597. The molecule has 0 aliphatic heterocycles. The lowest BCUT2D eigenvalue weighted by Gasteiger charge is -2.40. The molecule has 70 valence electrons. The fraction of sp³-hybridized carbons (Fsp3) is 0.818. The summed E-state index contributed by atoms with van der Waals surface area (Å²) in [5, 5.41) is 9.72. The third-order valence-corrected chi connectivity index (χ3v) is 3.50. The van der Waals surface area contributed by atoms with E-state index in [0.717, 1.165) is 12.8 Å². The van der Waals surface area contributed by atoms with E-state index >= 15 is 0 Å². The maximum absolute atomic E-state index is 9.72. The van der Waals surface area contributed by atoms with Gasteiger partial charge < -0.3 is 5.11 Å². The molecule has 0 spiro atoms. The van der Waals surface area contributed by atoms with Gasteiger partial charge in [-0.3, -0.25) is 0 Å². The number of rotatable bonds is 1. The molecule has 0 amide bonds. The predicted molar refractivity (Wildman–Crippen MR) is 51.9 cm³/mol. The Morgan fingerprint density at radius 1 is 1.58 bits per heavy atom. The minimum Gasteiger partial charge on any atom is -0.393 e. The maximum atomic E-state index is 9.72. The minimum atomic E-state index is -0.125. The number of aliphatic hydroxyl groups is 1. The smallest absolute Gasteiger partial charge is 0.0574 e. The molecule has 3 unspecified atom stereocenters. The van der Waals surface area contributed by atoms with Crippen molar-refractivity contribution in [3.05, 3.63) is 12.2 Å². The van der Waals surface area contributed by atoms with Gasteiger partial charge in [-0.05, 0) is 37.5 Å². The van der Waals surface area contributed by atoms with Gasteiger partial charge in [-0.15, -0.1) is 0 Å². The van der Waals surface area contributed by atoms with E-state index in [2.05, 4.69) is 27.4 Å². The van der Waals surface area contributed by atoms with Gasteiger partial charge in [0.05, 0.1) is 6.10 Å². The van der Waals surface area contributed by atoms with E-state index in [-0.39, 0.29) is 11.5 Å². The summed E-state index contributed by atoms with van der Waals surface area (Å²) in [7, 11) is 0. The summed E-state index contributed by atoms with van der Waals surface area (Å²) >= 11 is 0. The van der Waals surface area contributed by atoms with Crippen LogP contribution >= 0.6 is 0 Å². The van der Waals surface area contributed by atoms with Gasteiger partial charge in [-0.1, -0.05) is 26.0 Å². The molecule has 1 saturated carbocycles. The third-order valence-electron chi connectivity index (χ3n) is 3.50. The van der Waals surface area contributed by atoms with E-state index < -0.39 is 0 Å². The van der Waals surface area contributed by atoms with Crippen LogP contribution in [0, 0.1) is 11.3 Å². The van der Waals surface area contributed by atoms with Crippen molar-refractivity contribution in [3.8, 4) is 0 Å². The fourth-order valence-electron chi connectivity index (χ4n) is 1.89. The summed E-state index contributed by atoms with van der Waals surface area (Å²) in [4.78, 5) is 0. The first-order valence-corrected chi connectivity index (χ1v) is 4.80. The van der Waals surface area contributed by atoms with Gasteiger partial charge in [0.25, 0.3) is 0 Å². The van der Waals surface area contributed by atoms with Crippen LogP contribution in [0.2, 0.25) is 0 Å². The van der Waals surface area contributed by atoms with E-state index in [1.165, 1.54) is 12.0 Å². The molecule has 1 fully saturated rings. The van der Waals surface area contributed by atoms with Crippen molar-refractivity contribution >= 4 is 0 Å². The van der Waals surface area contributed by atoms with Gasteiger partial charge >= 0.3 is 0 Å². The van der Waals surface area contributed by atoms with Gasteiger partial charge in [0, 0.05) is 0 Å². The molecule has 1 aliphatic carbocycles. The molecule has 1 aliphatic rings. The molecular formula is C11H20O. The average molecular weight is 168 g/mol. The Balaban J connectivity index is 2.66. The van der Waals surface area contributed by atoms with Crippen molar-refractivity contribution in [1.82, 2.24) is 0 Å². The topological polar surface area (TPSA) is 20.2 Å². The zero-order valence-electron chi connectivity index (χ0n) is 8.43. The molecule has 1 N–H and O–H groups in total. The Labute approximate surface area is 75.5 Å². The SMILES string of the molecule is C=C(C)C1(C)CCC(C)C(O)C1. The summed E-state index contributed by atoms with van der Waals surface area (Å²) in [5.41, 5.74) is 1.40. The normalized spacial score (nSPS) is 42.7. The van der Waals surface area contributed by atoms with Crippen molar-refractivity contribution in [1.29, 1.82) is 0 Å². The van der Waals surface area contributed by atoms with Gasteiger partial charge in [0.2, 0.25) is 0 Å². The molecule has 1 rings (SSSR count). The lowest BCUT2D eigenvalue weighted by molar-refractivity contribution is 0.0302. The van der Waals surface area contributed by atoms with Crippen LogP contribution in [-0.2, 0) is 0 Å².